The highest BCUT2D eigenvalue weighted by Crippen LogP contribution is 2.22. The number of hydrogen-bond acceptors (Lipinski definition) is 3. The fourth-order valence-corrected chi connectivity index (χ4v) is 2.46. The molecular formula is C16H14N4. The van der Waals surface area contributed by atoms with Gasteiger partial charge in [-0.05, 0) is 17.5 Å². The van der Waals surface area contributed by atoms with Crippen molar-refractivity contribution < 1.29 is 0 Å². The van der Waals surface area contributed by atoms with Crippen LogP contribution in [0, 0.1) is 0 Å². The number of para-hydroxylation sites is 1. The van der Waals surface area contributed by atoms with E-state index >= 15 is 0 Å². The maximum absolute atomic E-state index is 4.69. The second kappa shape index (κ2) is 4.51. The number of amidine groups is 1. The monoisotopic (exact) mass is 262 g/mol. The Balaban J connectivity index is 1.68. The smallest absolute Gasteiger partial charge is 0.159 e. The molecule has 0 amide bonds. The van der Waals surface area contributed by atoms with Crippen LogP contribution in [0.5, 0.6) is 0 Å². The number of fused-ring (bicyclic) bond motifs is 1. The molecule has 0 bridgehead atoms. The van der Waals surface area contributed by atoms with Gasteiger partial charge in [0.05, 0.1) is 5.69 Å². The molecule has 1 unspecified atom stereocenters. The number of nitrogens with one attached hydrogen (secondary N) is 3. The van der Waals surface area contributed by atoms with Gasteiger partial charge in [-0.2, -0.15) is 0 Å². The highest BCUT2D eigenvalue weighted by Gasteiger charge is 2.20. The summed E-state index contributed by atoms with van der Waals surface area (Å²) >= 11 is 0. The highest BCUT2D eigenvalue weighted by molar-refractivity contribution is 5.99. The van der Waals surface area contributed by atoms with Gasteiger partial charge in [-0.15, -0.1) is 0 Å². The van der Waals surface area contributed by atoms with Gasteiger partial charge in [0.15, 0.2) is 6.17 Å². The second-order valence-corrected chi connectivity index (χ2v) is 4.83. The summed E-state index contributed by atoms with van der Waals surface area (Å²) in [5.74, 6) is 0.870. The topological polar surface area (TPSA) is 52.2 Å². The van der Waals surface area contributed by atoms with Crippen molar-refractivity contribution in [3.05, 3.63) is 71.9 Å². The lowest BCUT2D eigenvalue weighted by molar-refractivity contribution is 0.565. The normalized spacial score (nSPS) is 18.0. The lowest BCUT2D eigenvalue weighted by atomic mass is 10.2. The van der Waals surface area contributed by atoms with Crippen molar-refractivity contribution in [3.63, 3.8) is 0 Å². The minimum atomic E-state index is -0.0855. The predicted molar refractivity (Wildman–Crippen MR) is 80.3 cm³/mol. The fraction of sp³-hybridized carbons (Fsp3) is 0.0625. The van der Waals surface area contributed by atoms with Crippen molar-refractivity contribution >= 4 is 16.7 Å². The van der Waals surface area contributed by atoms with Gasteiger partial charge in [0.2, 0.25) is 0 Å². The zero-order chi connectivity index (χ0) is 13.4. The van der Waals surface area contributed by atoms with E-state index in [0.29, 0.717) is 0 Å². The van der Waals surface area contributed by atoms with E-state index in [1.165, 1.54) is 5.39 Å². The molecule has 0 saturated carbocycles. The van der Waals surface area contributed by atoms with Gasteiger partial charge in [-0.3, -0.25) is 0 Å². The number of aliphatic imine (C=N–C) groups is 1. The minimum Gasteiger partial charge on any atom is -0.355 e. The quantitative estimate of drug-likeness (QED) is 0.665. The average molecular weight is 262 g/mol. The molecule has 1 aromatic heterocycles. The summed E-state index contributed by atoms with van der Waals surface area (Å²) in [6.07, 6.45) is -0.0855. The second-order valence-electron chi connectivity index (χ2n) is 4.83. The van der Waals surface area contributed by atoms with Crippen molar-refractivity contribution in [1.29, 1.82) is 0 Å². The lowest BCUT2D eigenvalue weighted by Crippen LogP contribution is -2.31. The molecule has 0 spiro atoms. The van der Waals surface area contributed by atoms with E-state index in [4.69, 9.17) is 0 Å². The van der Waals surface area contributed by atoms with Gasteiger partial charge in [0.1, 0.15) is 5.84 Å². The third kappa shape index (κ3) is 1.87. The third-order valence-electron chi connectivity index (χ3n) is 3.48. The Kier molecular flexibility index (Phi) is 2.54. The number of aromatic amines is 1. The number of hydrazine groups is 1. The Hall–Kier alpha value is -2.59. The molecule has 1 aliphatic rings. The fourth-order valence-electron chi connectivity index (χ4n) is 2.46. The van der Waals surface area contributed by atoms with E-state index in [1.807, 2.05) is 42.5 Å². The summed E-state index contributed by atoms with van der Waals surface area (Å²) in [5, 5.41) is 1.20. The largest absolute Gasteiger partial charge is 0.355 e. The molecule has 2 heterocycles. The van der Waals surface area contributed by atoms with Gasteiger partial charge in [0, 0.05) is 11.1 Å². The van der Waals surface area contributed by atoms with Crippen LogP contribution in [0.3, 0.4) is 0 Å². The van der Waals surface area contributed by atoms with Crippen LogP contribution in [0.4, 0.5) is 0 Å². The van der Waals surface area contributed by atoms with E-state index in [2.05, 4.69) is 39.0 Å². The molecule has 3 N–H and O–H groups in total. The van der Waals surface area contributed by atoms with Gasteiger partial charge in [-0.1, -0.05) is 48.5 Å². The Labute approximate surface area is 116 Å². The molecule has 98 valence electrons. The number of rotatable bonds is 2. The molecule has 0 saturated heterocycles. The molecular weight excluding hydrogens is 248 g/mol. The first kappa shape index (κ1) is 11.3. The van der Waals surface area contributed by atoms with Gasteiger partial charge in [0.25, 0.3) is 0 Å². The molecule has 1 atom stereocenters. The van der Waals surface area contributed by atoms with Crippen LogP contribution in [0.1, 0.15) is 17.4 Å². The molecule has 4 nitrogen and oxygen atoms in total. The molecule has 3 aromatic rings. The molecule has 0 radical (unpaired) electrons. The number of nitrogens with zero attached hydrogens (tertiary/aromatic N) is 1. The standard InChI is InChI=1S/C16H14N4/c1-2-6-11(7-3-1)15-18-16(20-19-15)14-10-12-8-4-5-9-13(12)17-14/h1-10,16-17,20H,(H,18,19). The van der Waals surface area contributed by atoms with E-state index in [1.54, 1.807) is 0 Å². The average Bonchev–Trinajstić information content (AvgIpc) is 3.14. The molecule has 4 rings (SSSR count). The summed E-state index contributed by atoms with van der Waals surface area (Å²) in [6, 6.07) is 20.5. The molecule has 2 aromatic carbocycles. The maximum atomic E-state index is 4.69. The van der Waals surface area contributed by atoms with Gasteiger partial charge < -0.3 is 10.4 Å². The van der Waals surface area contributed by atoms with Crippen LogP contribution in [-0.4, -0.2) is 10.8 Å². The molecule has 0 fully saturated rings. The Morgan fingerprint density at radius 2 is 1.70 bits per heavy atom. The van der Waals surface area contributed by atoms with Crippen LogP contribution < -0.4 is 10.9 Å². The first-order valence-corrected chi connectivity index (χ1v) is 6.62. The number of H-pyrrole nitrogens is 1. The molecule has 20 heavy (non-hydrogen) atoms. The Morgan fingerprint density at radius 3 is 2.55 bits per heavy atom. The SMILES string of the molecule is c1ccc(C2=NC(c3cc4ccccc4[nH]3)NN2)cc1. The summed E-state index contributed by atoms with van der Waals surface area (Å²) in [7, 11) is 0. The van der Waals surface area contributed by atoms with E-state index in [0.717, 1.165) is 22.6 Å². The van der Waals surface area contributed by atoms with Gasteiger partial charge in [-0.25, -0.2) is 10.4 Å². The van der Waals surface area contributed by atoms with Crippen LogP contribution in [0.2, 0.25) is 0 Å². The molecule has 1 aliphatic heterocycles. The lowest BCUT2D eigenvalue weighted by Gasteiger charge is -2.03. The van der Waals surface area contributed by atoms with Crippen LogP contribution >= 0.6 is 0 Å². The van der Waals surface area contributed by atoms with Crippen molar-refractivity contribution in [3.8, 4) is 0 Å². The summed E-state index contributed by atoms with van der Waals surface area (Å²) < 4.78 is 0. The van der Waals surface area contributed by atoms with Crippen LogP contribution in [-0.2, 0) is 0 Å². The third-order valence-corrected chi connectivity index (χ3v) is 3.48. The van der Waals surface area contributed by atoms with Crippen molar-refractivity contribution in [2.45, 2.75) is 6.17 Å². The van der Waals surface area contributed by atoms with Crippen molar-refractivity contribution in [2.24, 2.45) is 4.99 Å². The highest BCUT2D eigenvalue weighted by atomic mass is 15.5. The summed E-state index contributed by atoms with van der Waals surface area (Å²) in [6.45, 7) is 0. The van der Waals surface area contributed by atoms with E-state index in [-0.39, 0.29) is 6.17 Å². The Bertz CT molecular complexity index is 740. The zero-order valence-electron chi connectivity index (χ0n) is 10.8. The summed E-state index contributed by atoms with van der Waals surface area (Å²) in [4.78, 5) is 8.09. The molecule has 0 aliphatic carbocycles. The van der Waals surface area contributed by atoms with E-state index < -0.39 is 0 Å². The van der Waals surface area contributed by atoms with Gasteiger partial charge >= 0.3 is 0 Å². The number of aromatic nitrogens is 1. The number of hydrogen-bond donors (Lipinski definition) is 3. The first-order valence-electron chi connectivity index (χ1n) is 6.62. The predicted octanol–water partition coefficient (Wildman–Crippen LogP) is 2.72. The summed E-state index contributed by atoms with van der Waals surface area (Å²) in [5.41, 5.74) is 9.62. The molecule has 4 heteroatoms. The van der Waals surface area contributed by atoms with Crippen molar-refractivity contribution in [2.75, 3.05) is 0 Å². The van der Waals surface area contributed by atoms with Crippen LogP contribution in [0.15, 0.2) is 65.7 Å². The van der Waals surface area contributed by atoms with E-state index in [9.17, 15) is 0 Å². The number of benzene rings is 2. The zero-order valence-corrected chi connectivity index (χ0v) is 10.8. The maximum Gasteiger partial charge on any atom is 0.159 e. The van der Waals surface area contributed by atoms with Crippen LogP contribution in [0.25, 0.3) is 10.9 Å². The minimum absolute atomic E-state index is 0.0855. The first-order chi connectivity index (χ1) is 9.90. The Morgan fingerprint density at radius 1 is 0.900 bits per heavy atom. The van der Waals surface area contributed by atoms with Crippen molar-refractivity contribution in [1.82, 2.24) is 15.8 Å².